The van der Waals surface area contributed by atoms with Gasteiger partial charge in [0.05, 0.1) is 16.3 Å². The molecule has 0 bridgehead atoms. The molecular weight excluding hydrogens is 550 g/mol. The van der Waals surface area contributed by atoms with Crippen LogP contribution in [0.1, 0.15) is 29.9 Å². The van der Waals surface area contributed by atoms with Crippen LogP contribution in [0.3, 0.4) is 0 Å². The Bertz CT molecular complexity index is 1500. The number of hydrogen-bond acceptors (Lipinski definition) is 6. The molecule has 3 aliphatic carbocycles. The van der Waals surface area contributed by atoms with Crippen molar-refractivity contribution >= 4 is 39.3 Å². The molecule has 0 radical (unpaired) electrons. The number of imide groups is 1. The molecule has 1 fully saturated rings. The van der Waals surface area contributed by atoms with E-state index in [9.17, 15) is 24.3 Å². The van der Waals surface area contributed by atoms with Crippen LogP contribution in [0.5, 0.6) is 11.5 Å². The van der Waals surface area contributed by atoms with Crippen LogP contribution in [-0.2, 0) is 25.8 Å². The number of aromatic hydroxyl groups is 1. The van der Waals surface area contributed by atoms with Crippen LogP contribution in [0.2, 0.25) is 0 Å². The van der Waals surface area contributed by atoms with Gasteiger partial charge in [0, 0.05) is 41.8 Å². The average Bonchev–Trinajstić information content (AvgIpc) is 3.14. The number of rotatable bonds is 4. The van der Waals surface area contributed by atoms with E-state index in [1.54, 1.807) is 12.1 Å². The van der Waals surface area contributed by atoms with E-state index in [1.165, 1.54) is 24.1 Å². The van der Waals surface area contributed by atoms with Crippen molar-refractivity contribution in [2.24, 2.45) is 17.8 Å². The first-order valence-corrected chi connectivity index (χ1v) is 13.3. The summed E-state index contributed by atoms with van der Waals surface area (Å²) in [5.74, 6) is -2.95. The third-order valence-corrected chi connectivity index (χ3v) is 8.70. The van der Waals surface area contributed by atoms with Crippen molar-refractivity contribution in [2.45, 2.75) is 25.4 Å². The second kappa shape index (κ2) is 9.20. The van der Waals surface area contributed by atoms with Gasteiger partial charge in [0.15, 0.2) is 11.6 Å². The SMILES string of the molecule is CN1C(=O)[C@H]2[C@H](CC=C3[C@H](c4ccc(OCc5ccccc5)cc4O)C4=C(C[C@H]32)C(=O)C(Br)=CC4=O)C1=O. The fourth-order valence-electron chi connectivity index (χ4n) is 6.32. The molecule has 7 nitrogen and oxygen atoms in total. The van der Waals surface area contributed by atoms with Crippen molar-refractivity contribution in [1.29, 1.82) is 0 Å². The van der Waals surface area contributed by atoms with Gasteiger partial charge in [0.2, 0.25) is 11.8 Å². The van der Waals surface area contributed by atoms with E-state index in [2.05, 4.69) is 15.9 Å². The second-order valence-electron chi connectivity index (χ2n) is 10.1. The lowest BCUT2D eigenvalue weighted by molar-refractivity contribution is -0.138. The Hall–Kier alpha value is -3.78. The van der Waals surface area contributed by atoms with Crippen molar-refractivity contribution in [3.05, 3.63) is 93.0 Å². The molecule has 1 aliphatic heterocycles. The molecule has 2 amide bonds. The van der Waals surface area contributed by atoms with Crippen molar-refractivity contribution in [3.8, 4) is 11.5 Å². The standard InChI is InChI=1S/C30H24BrNO6/c1-32-29(36)19-10-9-17-20(26(19)30(32)37)12-21-27(24(34)13-22(31)28(21)35)25(17)18-8-7-16(11-23(18)33)38-14-15-5-3-2-4-6-15/h2-9,11,13,19-20,25-26,33H,10,12,14H2,1H3/t19-,20+,25+,26-/m0/s1. The number of amides is 2. The summed E-state index contributed by atoms with van der Waals surface area (Å²) in [6.45, 7) is 0.324. The molecule has 1 saturated heterocycles. The van der Waals surface area contributed by atoms with Crippen LogP contribution in [0.4, 0.5) is 0 Å². The van der Waals surface area contributed by atoms with Crippen molar-refractivity contribution < 1.29 is 29.0 Å². The lowest BCUT2D eigenvalue weighted by Crippen LogP contribution is -2.39. The molecule has 6 rings (SSSR count). The highest BCUT2D eigenvalue weighted by Gasteiger charge is 2.55. The van der Waals surface area contributed by atoms with Crippen LogP contribution in [0.15, 0.2) is 81.9 Å². The molecule has 2 aromatic rings. The topological polar surface area (TPSA) is 101 Å². The van der Waals surface area contributed by atoms with E-state index >= 15 is 0 Å². The van der Waals surface area contributed by atoms with Crippen LogP contribution in [-0.4, -0.2) is 40.4 Å². The summed E-state index contributed by atoms with van der Waals surface area (Å²) in [4.78, 5) is 53.6. The molecule has 0 saturated carbocycles. The van der Waals surface area contributed by atoms with Gasteiger partial charge in [0.1, 0.15) is 18.1 Å². The maximum Gasteiger partial charge on any atom is 0.233 e. The van der Waals surface area contributed by atoms with E-state index in [4.69, 9.17) is 4.74 Å². The summed E-state index contributed by atoms with van der Waals surface area (Å²) in [7, 11) is 1.49. The number of ketones is 2. The Balaban J connectivity index is 1.42. The molecule has 4 atom stereocenters. The minimum absolute atomic E-state index is 0.0732. The van der Waals surface area contributed by atoms with Crippen molar-refractivity contribution in [2.75, 3.05) is 7.05 Å². The Morgan fingerprint density at radius 2 is 1.79 bits per heavy atom. The number of phenolic OH excluding ortho intramolecular Hbond substituents is 1. The molecule has 38 heavy (non-hydrogen) atoms. The quantitative estimate of drug-likeness (QED) is 0.331. The number of benzene rings is 2. The molecule has 0 spiro atoms. The fraction of sp³-hybridized carbons (Fsp3) is 0.267. The Morgan fingerprint density at radius 1 is 1.03 bits per heavy atom. The number of nitrogens with zero attached hydrogens (tertiary/aromatic N) is 1. The molecule has 0 unspecified atom stereocenters. The second-order valence-corrected chi connectivity index (χ2v) is 11.0. The Kier molecular flexibility index (Phi) is 5.94. The van der Waals surface area contributed by atoms with Crippen molar-refractivity contribution in [1.82, 2.24) is 4.90 Å². The van der Waals surface area contributed by atoms with Gasteiger partial charge in [0.25, 0.3) is 0 Å². The van der Waals surface area contributed by atoms with Crippen LogP contribution in [0.25, 0.3) is 0 Å². The summed E-state index contributed by atoms with van der Waals surface area (Å²) in [6.07, 6.45) is 3.76. The smallest absolute Gasteiger partial charge is 0.233 e. The lowest BCUT2D eigenvalue weighted by atomic mass is 9.59. The Morgan fingerprint density at radius 3 is 2.53 bits per heavy atom. The number of ether oxygens (including phenoxy) is 1. The molecule has 8 heteroatoms. The van der Waals surface area contributed by atoms with Gasteiger partial charge >= 0.3 is 0 Å². The minimum atomic E-state index is -0.713. The highest BCUT2D eigenvalue weighted by molar-refractivity contribution is 9.12. The van der Waals surface area contributed by atoms with Crippen molar-refractivity contribution in [3.63, 3.8) is 0 Å². The summed E-state index contributed by atoms with van der Waals surface area (Å²) < 4.78 is 6.03. The van der Waals surface area contributed by atoms with E-state index in [0.717, 1.165) is 11.1 Å². The highest BCUT2D eigenvalue weighted by Crippen LogP contribution is 2.56. The summed E-state index contributed by atoms with van der Waals surface area (Å²) in [5.41, 5.74) is 2.87. The van der Waals surface area contributed by atoms with E-state index in [-0.39, 0.29) is 40.0 Å². The summed E-state index contributed by atoms with van der Waals surface area (Å²) in [6, 6.07) is 14.6. The predicted molar refractivity (Wildman–Crippen MR) is 141 cm³/mol. The summed E-state index contributed by atoms with van der Waals surface area (Å²) >= 11 is 3.21. The number of fused-ring (bicyclic) bond motifs is 3. The molecule has 2 aromatic carbocycles. The third-order valence-electron chi connectivity index (χ3n) is 8.11. The number of Topliss-reactive ketones (excluding diaryl/α,β-unsaturated/α-hetero) is 1. The number of halogens is 1. The maximum atomic E-state index is 13.3. The zero-order chi connectivity index (χ0) is 26.7. The monoisotopic (exact) mass is 573 g/mol. The molecule has 192 valence electrons. The maximum absolute atomic E-state index is 13.3. The van der Waals surface area contributed by atoms with Crippen LogP contribution in [0, 0.1) is 17.8 Å². The molecule has 1 heterocycles. The number of phenols is 1. The minimum Gasteiger partial charge on any atom is -0.507 e. The number of allylic oxidation sites excluding steroid dienone is 6. The largest absolute Gasteiger partial charge is 0.507 e. The van der Waals surface area contributed by atoms with Crippen LogP contribution >= 0.6 is 15.9 Å². The van der Waals surface area contributed by atoms with Gasteiger partial charge in [-0.05, 0) is 46.3 Å². The van der Waals surface area contributed by atoms with E-state index in [0.29, 0.717) is 35.5 Å². The van der Waals surface area contributed by atoms with Gasteiger partial charge in [-0.2, -0.15) is 0 Å². The van der Waals surface area contributed by atoms with Gasteiger partial charge in [-0.25, -0.2) is 0 Å². The fourth-order valence-corrected chi connectivity index (χ4v) is 6.76. The highest BCUT2D eigenvalue weighted by atomic mass is 79.9. The van der Waals surface area contributed by atoms with E-state index < -0.39 is 23.7 Å². The molecule has 0 aromatic heterocycles. The zero-order valence-electron chi connectivity index (χ0n) is 20.5. The van der Waals surface area contributed by atoms with Gasteiger partial charge in [-0.1, -0.05) is 48.0 Å². The number of carbonyl (C=O) groups is 4. The first-order chi connectivity index (χ1) is 18.3. The van der Waals surface area contributed by atoms with Gasteiger partial charge in [-0.3, -0.25) is 24.1 Å². The molecular formula is C30H24BrNO6. The lowest BCUT2D eigenvalue weighted by Gasteiger charge is -2.42. The number of carbonyl (C=O) groups excluding carboxylic acids is 4. The van der Waals surface area contributed by atoms with E-state index in [1.807, 2.05) is 36.4 Å². The number of likely N-dealkylation sites (tertiary alicyclic amines) is 1. The molecule has 4 aliphatic rings. The average molecular weight is 574 g/mol. The Labute approximate surface area is 227 Å². The normalized spacial score (nSPS) is 26.5. The van der Waals surface area contributed by atoms with Gasteiger partial charge in [-0.15, -0.1) is 0 Å². The summed E-state index contributed by atoms with van der Waals surface area (Å²) in [5, 5.41) is 11.2. The number of hydrogen-bond donors (Lipinski definition) is 1. The first-order valence-electron chi connectivity index (χ1n) is 12.5. The predicted octanol–water partition coefficient (Wildman–Crippen LogP) is 4.36. The van der Waals surface area contributed by atoms with Gasteiger partial charge < -0.3 is 9.84 Å². The van der Waals surface area contributed by atoms with Crippen LogP contribution < -0.4 is 4.74 Å². The first kappa shape index (κ1) is 24.6. The third kappa shape index (κ3) is 3.77. The zero-order valence-corrected chi connectivity index (χ0v) is 22.1. The molecule has 1 N–H and O–H groups in total.